The van der Waals surface area contributed by atoms with E-state index in [0.717, 1.165) is 15.7 Å². The number of benzene rings is 1. The number of carbonyl (C=O) groups is 1. The average molecular weight is 301 g/mol. The molecular weight excluding hydrogens is 284 g/mol. The van der Waals surface area contributed by atoms with E-state index in [1.807, 2.05) is 30.1 Å². The molecule has 94 valence electrons. The van der Waals surface area contributed by atoms with Crippen LogP contribution in [0.3, 0.4) is 0 Å². The Kier molecular flexibility index (Phi) is 4.96. The summed E-state index contributed by atoms with van der Waals surface area (Å²) in [5, 5.41) is 12.0. The summed E-state index contributed by atoms with van der Waals surface area (Å²) >= 11 is 3.44. The van der Waals surface area contributed by atoms with Gasteiger partial charge in [-0.05, 0) is 40.5 Å². The maximum atomic E-state index is 11.3. The van der Waals surface area contributed by atoms with E-state index < -0.39 is 6.10 Å². The van der Waals surface area contributed by atoms with E-state index in [0.29, 0.717) is 6.54 Å². The van der Waals surface area contributed by atoms with Gasteiger partial charge < -0.3 is 15.3 Å². The fourth-order valence-corrected chi connectivity index (χ4v) is 2.17. The molecule has 0 bridgehead atoms. The van der Waals surface area contributed by atoms with Crippen molar-refractivity contribution in [2.45, 2.75) is 13.0 Å². The molecule has 0 fully saturated rings. The molecule has 2 N–H and O–H groups in total. The predicted molar refractivity (Wildman–Crippen MR) is 72.1 cm³/mol. The molecule has 0 aliphatic carbocycles. The Labute approximate surface area is 110 Å². The number of nitrogens with one attached hydrogen (secondary N) is 1. The van der Waals surface area contributed by atoms with Crippen LogP contribution in [0.15, 0.2) is 22.7 Å². The summed E-state index contributed by atoms with van der Waals surface area (Å²) in [5.74, 6) is -0.0426. The summed E-state index contributed by atoms with van der Waals surface area (Å²) in [4.78, 5) is 13.1. The minimum atomic E-state index is -0.496. The number of carbonyl (C=O) groups excluding carboxylic acids is 1. The van der Waals surface area contributed by atoms with Crippen LogP contribution in [-0.2, 0) is 4.79 Å². The summed E-state index contributed by atoms with van der Waals surface area (Å²) in [7, 11) is 3.46. The first-order valence-electron chi connectivity index (χ1n) is 5.35. The van der Waals surface area contributed by atoms with Crippen LogP contribution >= 0.6 is 15.9 Å². The molecule has 1 amide bonds. The summed E-state index contributed by atoms with van der Waals surface area (Å²) in [6.45, 7) is 2.01. The number of halogens is 1. The molecule has 5 heteroatoms. The van der Waals surface area contributed by atoms with Gasteiger partial charge in [0.1, 0.15) is 0 Å². The van der Waals surface area contributed by atoms with Gasteiger partial charge in [-0.1, -0.05) is 6.07 Å². The molecule has 0 aliphatic rings. The van der Waals surface area contributed by atoms with Gasteiger partial charge in [0.25, 0.3) is 0 Å². The lowest BCUT2D eigenvalue weighted by molar-refractivity contribution is -0.119. The molecule has 0 radical (unpaired) electrons. The third-order valence-corrected chi connectivity index (χ3v) is 3.16. The second-order valence-electron chi connectivity index (χ2n) is 3.92. The molecule has 0 aliphatic heterocycles. The normalized spacial score (nSPS) is 12.1. The summed E-state index contributed by atoms with van der Waals surface area (Å²) in [6, 6.07) is 5.60. The van der Waals surface area contributed by atoms with Gasteiger partial charge in [0.05, 0.1) is 18.3 Å². The molecule has 1 rings (SSSR count). The Morgan fingerprint density at radius 3 is 2.71 bits per heavy atom. The van der Waals surface area contributed by atoms with Crippen LogP contribution in [0.25, 0.3) is 0 Å². The molecule has 0 unspecified atom stereocenters. The molecule has 1 aromatic rings. The molecule has 0 aromatic heterocycles. The number of hydrogen-bond acceptors (Lipinski definition) is 3. The largest absolute Gasteiger partial charge is 0.389 e. The number of aliphatic hydroxyl groups is 1. The van der Waals surface area contributed by atoms with Crippen LogP contribution in [-0.4, -0.2) is 31.7 Å². The van der Waals surface area contributed by atoms with Gasteiger partial charge in [-0.15, -0.1) is 0 Å². The summed E-state index contributed by atoms with van der Waals surface area (Å²) < 4.78 is 0.863. The zero-order valence-electron chi connectivity index (χ0n) is 10.2. The molecule has 4 nitrogen and oxygen atoms in total. The second kappa shape index (κ2) is 6.02. The van der Waals surface area contributed by atoms with Crippen LogP contribution in [0.4, 0.5) is 5.69 Å². The fraction of sp³-hybridized carbons (Fsp3) is 0.417. The van der Waals surface area contributed by atoms with Gasteiger partial charge in [-0.2, -0.15) is 0 Å². The molecule has 0 spiro atoms. The highest BCUT2D eigenvalue weighted by Gasteiger charge is 2.11. The minimum Gasteiger partial charge on any atom is -0.389 e. The van der Waals surface area contributed by atoms with Crippen LogP contribution in [0.1, 0.15) is 18.6 Å². The van der Waals surface area contributed by atoms with Crippen molar-refractivity contribution in [3.63, 3.8) is 0 Å². The van der Waals surface area contributed by atoms with Crippen molar-refractivity contribution >= 4 is 27.5 Å². The second-order valence-corrected chi connectivity index (χ2v) is 4.77. The van der Waals surface area contributed by atoms with Gasteiger partial charge in [-0.25, -0.2) is 0 Å². The van der Waals surface area contributed by atoms with Crippen LogP contribution in [0, 0.1) is 0 Å². The SMILES string of the molecule is CNC(=O)CN(C)c1ccc([C@H](C)O)cc1Br. The van der Waals surface area contributed by atoms with E-state index >= 15 is 0 Å². The number of hydrogen-bond donors (Lipinski definition) is 2. The Bertz CT molecular complexity index is 407. The highest BCUT2D eigenvalue weighted by atomic mass is 79.9. The van der Waals surface area contributed by atoms with Crippen molar-refractivity contribution in [2.24, 2.45) is 0 Å². The number of aliphatic hydroxyl groups excluding tert-OH is 1. The van der Waals surface area contributed by atoms with Crippen molar-refractivity contribution in [3.05, 3.63) is 28.2 Å². The smallest absolute Gasteiger partial charge is 0.239 e. The topological polar surface area (TPSA) is 52.6 Å². The predicted octanol–water partition coefficient (Wildman–Crippen LogP) is 1.68. The zero-order chi connectivity index (χ0) is 13.0. The molecule has 0 saturated carbocycles. The van der Waals surface area contributed by atoms with E-state index in [4.69, 9.17) is 0 Å². The quantitative estimate of drug-likeness (QED) is 0.890. The number of rotatable bonds is 4. The number of amides is 1. The van der Waals surface area contributed by atoms with E-state index in [1.54, 1.807) is 14.0 Å². The van der Waals surface area contributed by atoms with E-state index in [1.165, 1.54) is 0 Å². The minimum absolute atomic E-state index is 0.0426. The van der Waals surface area contributed by atoms with Gasteiger partial charge in [0.15, 0.2) is 0 Å². The molecule has 1 atom stereocenters. The zero-order valence-corrected chi connectivity index (χ0v) is 11.8. The van der Waals surface area contributed by atoms with Crippen molar-refractivity contribution in [3.8, 4) is 0 Å². The van der Waals surface area contributed by atoms with Crippen molar-refractivity contribution in [1.29, 1.82) is 0 Å². The lowest BCUT2D eigenvalue weighted by Gasteiger charge is -2.20. The number of anilines is 1. The molecule has 1 aromatic carbocycles. The third kappa shape index (κ3) is 3.71. The number of likely N-dealkylation sites (N-methyl/N-ethyl adjacent to an activating group) is 2. The van der Waals surface area contributed by atoms with E-state index in [-0.39, 0.29) is 5.91 Å². The molecule has 0 heterocycles. The van der Waals surface area contributed by atoms with Gasteiger partial charge in [-0.3, -0.25) is 4.79 Å². The number of nitrogens with zero attached hydrogens (tertiary/aromatic N) is 1. The maximum Gasteiger partial charge on any atom is 0.239 e. The van der Waals surface area contributed by atoms with Gasteiger partial charge >= 0.3 is 0 Å². The van der Waals surface area contributed by atoms with Crippen LogP contribution < -0.4 is 10.2 Å². The highest BCUT2D eigenvalue weighted by Crippen LogP contribution is 2.28. The average Bonchev–Trinajstić information content (AvgIpc) is 2.28. The Balaban J connectivity index is 2.88. The first-order chi connectivity index (χ1) is 7.95. The highest BCUT2D eigenvalue weighted by molar-refractivity contribution is 9.10. The Hall–Kier alpha value is -1.07. The van der Waals surface area contributed by atoms with Crippen LogP contribution in [0.2, 0.25) is 0 Å². The lowest BCUT2D eigenvalue weighted by atomic mass is 10.1. The van der Waals surface area contributed by atoms with Crippen molar-refractivity contribution < 1.29 is 9.90 Å². The van der Waals surface area contributed by atoms with Gasteiger partial charge in [0.2, 0.25) is 5.91 Å². The summed E-state index contributed by atoms with van der Waals surface area (Å²) in [6.07, 6.45) is -0.496. The third-order valence-electron chi connectivity index (χ3n) is 2.53. The lowest BCUT2D eigenvalue weighted by Crippen LogP contribution is -2.33. The first kappa shape index (κ1) is 14.0. The molecule has 17 heavy (non-hydrogen) atoms. The van der Waals surface area contributed by atoms with E-state index in [2.05, 4.69) is 21.2 Å². The molecule has 0 saturated heterocycles. The van der Waals surface area contributed by atoms with Crippen LogP contribution in [0.5, 0.6) is 0 Å². The van der Waals surface area contributed by atoms with Crippen molar-refractivity contribution in [2.75, 3.05) is 25.5 Å². The monoisotopic (exact) mass is 300 g/mol. The fourth-order valence-electron chi connectivity index (χ4n) is 1.47. The first-order valence-corrected chi connectivity index (χ1v) is 6.14. The van der Waals surface area contributed by atoms with Gasteiger partial charge in [0, 0.05) is 18.6 Å². The summed E-state index contributed by atoms with van der Waals surface area (Å²) in [5.41, 5.74) is 1.76. The Morgan fingerprint density at radius 2 is 2.24 bits per heavy atom. The van der Waals surface area contributed by atoms with E-state index in [9.17, 15) is 9.90 Å². The molecular formula is C12H17BrN2O2. The van der Waals surface area contributed by atoms with Crippen molar-refractivity contribution in [1.82, 2.24) is 5.32 Å². The Morgan fingerprint density at radius 1 is 1.59 bits per heavy atom. The standard InChI is InChI=1S/C12H17BrN2O2/c1-8(16)9-4-5-11(10(13)6-9)15(3)7-12(17)14-2/h4-6,8,16H,7H2,1-3H3,(H,14,17)/t8-/m0/s1. The maximum absolute atomic E-state index is 11.3.